The summed E-state index contributed by atoms with van der Waals surface area (Å²) in [5.74, 6) is -0.274. The summed E-state index contributed by atoms with van der Waals surface area (Å²) >= 11 is 0. The molecule has 0 unspecified atom stereocenters. The summed E-state index contributed by atoms with van der Waals surface area (Å²) in [4.78, 5) is 10.9. The first kappa shape index (κ1) is 17.8. The van der Waals surface area contributed by atoms with Crippen LogP contribution in [0.5, 0.6) is 0 Å². The fourth-order valence-electron chi connectivity index (χ4n) is 2.34. The molecular weight excluding hydrogens is 311 g/mol. The lowest BCUT2D eigenvalue weighted by molar-refractivity contribution is 0.0605. The Balaban J connectivity index is 2.31. The molecule has 0 bridgehead atoms. The summed E-state index contributed by atoms with van der Waals surface area (Å²) in [6, 6.07) is 13.7. The molecule has 0 heterocycles. The lowest BCUT2D eigenvalue weighted by atomic mass is 10.1. The van der Waals surface area contributed by atoms with E-state index in [0.717, 1.165) is 11.1 Å². The predicted molar refractivity (Wildman–Crippen MR) is 91.9 cm³/mol. The molecule has 5 heteroatoms. The van der Waals surface area contributed by atoms with Crippen LogP contribution in [0.4, 0.5) is 4.39 Å². The number of hydrogen-bond acceptors (Lipinski definition) is 3. The van der Waals surface area contributed by atoms with Crippen LogP contribution in [0, 0.1) is 5.82 Å². The number of hydrogen-bond donors (Lipinski definition) is 1. The van der Waals surface area contributed by atoms with Gasteiger partial charge in [0.2, 0.25) is 0 Å². The van der Waals surface area contributed by atoms with E-state index in [-0.39, 0.29) is 18.0 Å². The molecule has 124 valence electrons. The van der Waals surface area contributed by atoms with Crippen LogP contribution >= 0.6 is 0 Å². The largest absolute Gasteiger partial charge is 0.534 e. The Labute approximate surface area is 138 Å². The minimum Gasteiger partial charge on any atom is -0.386 e. The van der Waals surface area contributed by atoms with Gasteiger partial charge in [-0.25, -0.2) is 4.39 Å². The molecule has 0 aliphatic rings. The smallest absolute Gasteiger partial charge is 0.386 e. The van der Waals surface area contributed by atoms with Crippen molar-refractivity contribution in [1.29, 1.82) is 0 Å². The van der Waals surface area contributed by atoms with Crippen LogP contribution < -0.4 is 5.19 Å². The summed E-state index contributed by atoms with van der Waals surface area (Å²) < 4.78 is 24.8. The molecule has 0 aliphatic carbocycles. The van der Waals surface area contributed by atoms with Crippen molar-refractivity contribution < 1.29 is 18.0 Å². The average molecular weight is 334 g/mol. The van der Waals surface area contributed by atoms with Gasteiger partial charge in [0, 0.05) is 17.4 Å². The zero-order chi connectivity index (χ0) is 17.0. The Morgan fingerprint density at radius 3 is 1.91 bits per heavy atom. The zero-order valence-electron chi connectivity index (χ0n) is 13.9. The lowest BCUT2D eigenvalue weighted by Gasteiger charge is -2.28. The Morgan fingerprint density at radius 2 is 1.43 bits per heavy atom. The van der Waals surface area contributed by atoms with Crippen LogP contribution in [-0.2, 0) is 8.85 Å². The normalized spacial score (nSPS) is 12.2. The highest BCUT2D eigenvalue weighted by Gasteiger charge is 2.41. The number of halogens is 1. The Bertz CT molecular complexity index is 631. The molecule has 0 saturated heterocycles. The van der Waals surface area contributed by atoms with Crippen LogP contribution in [0.25, 0.3) is 11.1 Å². The number of rotatable bonds is 6. The van der Waals surface area contributed by atoms with Crippen molar-refractivity contribution in [2.45, 2.75) is 39.9 Å². The Hall–Kier alpha value is -1.53. The summed E-state index contributed by atoms with van der Waals surface area (Å²) in [6.07, 6.45) is -0.290. The van der Waals surface area contributed by atoms with E-state index in [1.807, 2.05) is 45.9 Å². The van der Waals surface area contributed by atoms with Crippen molar-refractivity contribution in [3.05, 3.63) is 54.3 Å². The fraction of sp³-hybridized carbons (Fsp3) is 0.333. The maximum Gasteiger partial charge on any atom is 0.534 e. The molecule has 2 aromatic carbocycles. The molecule has 0 aliphatic heterocycles. The molecule has 0 fully saturated rings. The van der Waals surface area contributed by atoms with E-state index in [1.54, 1.807) is 18.2 Å². The van der Waals surface area contributed by atoms with Crippen molar-refractivity contribution in [1.82, 2.24) is 0 Å². The van der Waals surface area contributed by atoms with Gasteiger partial charge >= 0.3 is 8.80 Å². The molecule has 0 aromatic heterocycles. The van der Waals surface area contributed by atoms with Gasteiger partial charge in [-0.1, -0.05) is 36.4 Å². The van der Waals surface area contributed by atoms with Crippen LogP contribution in [0.2, 0.25) is 0 Å². The van der Waals surface area contributed by atoms with Gasteiger partial charge in [-0.05, 0) is 51.0 Å². The Kier molecular flexibility index (Phi) is 5.70. The maximum absolute atomic E-state index is 13.3. The van der Waals surface area contributed by atoms with E-state index in [9.17, 15) is 9.19 Å². The first-order chi connectivity index (χ1) is 10.8. The minimum absolute atomic E-state index is 0.145. The number of benzene rings is 2. The quantitative estimate of drug-likeness (QED) is 0.822. The minimum atomic E-state index is -3.46. The maximum atomic E-state index is 13.3. The second-order valence-electron chi connectivity index (χ2n) is 6.00. The van der Waals surface area contributed by atoms with E-state index in [0.29, 0.717) is 5.19 Å². The Morgan fingerprint density at radius 1 is 0.870 bits per heavy atom. The third-order valence-electron chi connectivity index (χ3n) is 3.20. The van der Waals surface area contributed by atoms with Crippen molar-refractivity contribution in [2.75, 3.05) is 0 Å². The summed E-state index contributed by atoms with van der Waals surface area (Å²) in [7, 11) is -3.46. The molecule has 0 radical (unpaired) electrons. The van der Waals surface area contributed by atoms with Gasteiger partial charge in [-0.3, -0.25) is 0 Å². The molecule has 3 nitrogen and oxygen atoms in total. The van der Waals surface area contributed by atoms with E-state index in [4.69, 9.17) is 8.85 Å². The van der Waals surface area contributed by atoms with Gasteiger partial charge in [-0.15, -0.1) is 0 Å². The van der Waals surface area contributed by atoms with Crippen molar-refractivity contribution in [3.63, 3.8) is 0 Å². The van der Waals surface area contributed by atoms with E-state index in [1.165, 1.54) is 12.1 Å². The molecule has 0 atom stereocenters. The zero-order valence-corrected chi connectivity index (χ0v) is 14.9. The average Bonchev–Trinajstić information content (AvgIpc) is 2.45. The molecule has 0 amide bonds. The summed E-state index contributed by atoms with van der Waals surface area (Å²) in [5, 5.41) is 0.639. The van der Waals surface area contributed by atoms with Crippen LogP contribution in [0.15, 0.2) is 48.5 Å². The highest BCUT2D eigenvalue weighted by atomic mass is 28.4. The van der Waals surface area contributed by atoms with E-state index in [2.05, 4.69) is 0 Å². The van der Waals surface area contributed by atoms with Gasteiger partial charge in [0.25, 0.3) is 0 Å². The van der Waals surface area contributed by atoms with Gasteiger partial charge in [0.05, 0.1) is 0 Å². The third kappa shape index (κ3) is 4.72. The van der Waals surface area contributed by atoms with Gasteiger partial charge in [0.1, 0.15) is 5.82 Å². The van der Waals surface area contributed by atoms with Crippen molar-refractivity contribution in [3.8, 4) is 11.1 Å². The fourth-order valence-corrected chi connectivity index (χ4v) is 4.54. The lowest BCUT2D eigenvalue weighted by Crippen LogP contribution is -2.56. The van der Waals surface area contributed by atoms with Crippen molar-refractivity contribution in [2.24, 2.45) is 0 Å². The van der Waals surface area contributed by atoms with E-state index < -0.39 is 8.80 Å². The molecular formula is C18H23FO3Si. The van der Waals surface area contributed by atoms with Gasteiger partial charge in [-0.2, -0.15) is 0 Å². The topological polar surface area (TPSA) is 38.7 Å². The monoisotopic (exact) mass is 334 g/mol. The van der Waals surface area contributed by atoms with Crippen LogP contribution in [0.1, 0.15) is 27.7 Å². The summed E-state index contributed by atoms with van der Waals surface area (Å²) in [6.45, 7) is 7.46. The third-order valence-corrected chi connectivity index (χ3v) is 5.84. The van der Waals surface area contributed by atoms with Crippen LogP contribution in [0.3, 0.4) is 0 Å². The molecule has 1 N–H and O–H groups in total. The van der Waals surface area contributed by atoms with Crippen LogP contribution in [-0.4, -0.2) is 25.8 Å². The predicted octanol–water partition coefficient (Wildman–Crippen LogP) is 3.48. The van der Waals surface area contributed by atoms with Gasteiger partial charge < -0.3 is 13.6 Å². The standard InChI is InChI=1S/C18H23FO3Si/c1-13(2)21-23(20,22-14(3)4)18-10-8-15(9-11-18)16-6-5-7-17(19)12-16/h5-14,20H,1-4H3. The molecule has 2 aromatic rings. The molecule has 23 heavy (non-hydrogen) atoms. The second kappa shape index (κ2) is 7.36. The van der Waals surface area contributed by atoms with Crippen molar-refractivity contribution >= 4 is 14.0 Å². The second-order valence-corrected chi connectivity index (χ2v) is 8.22. The molecule has 0 saturated carbocycles. The molecule has 2 rings (SSSR count). The molecule has 0 spiro atoms. The summed E-state index contributed by atoms with van der Waals surface area (Å²) in [5.41, 5.74) is 1.66. The first-order valence-electron chi connectivity index (χ1n) is 7.74. The highest BCUT2D eigenvalue weighted by molar-refractivity contribution is 6.74. The van der Waals surface area contributed by atoms with E-state index >= 15 is 0 Å². The SMILES string of the molecule is CC(C)O[Si](O)(OC(C)C)c1ccc(-c2cccc(F)c2)cc1. The van der Waals surface area contributed by atoms with Gasteiger partial charge in [0.15, 0.2) is 0 Å². The first-order valence-corrected chi connectivity index (χ1v) is 9.51. The highest BCUT2D eigenvalue weighted by Crippen LogP contribution is 2.20.